The number of aliphatic carboxylic acids is 1. The van der Waals surface area contributed by atoms with E-state index in [4.69, 9.17) is 9.47 Å². The number of hydrogen-bond donors (Lipinski definition) is 2. The number of benzene rings is 1. The van der Waals surface area contributed by atoms with Crippen LogP contribution in [0.2, 0.25) is 0 Å². The number of methoxy groups -OCH3 is 2. The van der Waals surface area contributed by atoms with Crippen LogP contribution < -0.4 is 14.8 Å². The summed E-state index contributed by atoms with van der Waals surface area (Å²) in [5.74, 6) is -0.354. The maximum atomic E-state index is 12.4. The third-order valence-corrected chi connectivity index (χ3v) is 4.05. The molecule has 22 heavy (non-hydrogen) atoms. The van der Waals surface area contributed by atoms with Crippen LogP contribution in [0.25, 0.3) is 0 Å². The van der Waals surface area contributed by atoms with E-state index in [0.717, 1.165) is 0 Å². The van der Waals surface area contributed by atoms with E-state index >= 15 is 0 Å². The summed E-state index contributed by atoms with van der Waals surface area (Å²) in [5.41, 5.74) is -0.643. The molecule has 1 aromatic carbocycles. The Morgan fingerprint density at radius 3 is 2.27 bits per heavy atom. The van der Waals surface area contributed by atoms with Crippen LogP contribution in [0.5, 0.6) is 11.5 Å². The molecule has 0 aliphatic heterocycles. The summed E-state index contributed by atoms with van der Waals surface area (Å²) in [4.78, 5) is 23.8. The van der Waals surface area contributed by atoms with E-state index in [1.165, 1.54) is 14.2 Å². The van der Waals surface area contributed by atoms with Crippen LogP contribution in [0.4, 0.5) is 0 Å². The Kier molecular flexibility index (Phi) is 6.22. The highest BCUT2D eigenvalue weighted by Crippen LogP contribution is 2.27. The molecule has 1 amide bonds. The van der Waals surface area contributed by atoms with Crippen molar-refractivity contribution in [1.82, 2.24) is 5.32 Å². The van der Waals surface area contributed by atoms with E-state index in [2.05, 4.69) is 5.32 Å². The van der Waals surface area contributed by atoms with Crippen LogP contribution in [0.1, 0.15) is 37.0 Å². The molecular formula is C16H23NO5. The molecule has 0 spiro atoms. The molecule has 0 aromatic heterocycles. The molecule has 2 N–H and O–H groups in total. The molecule has 0 bridgehead atoms. The Hall–Kier alpha value is -2.24. The summed E-state index contributed by atoms with van der Waals surface area (Å²) < 4.78 is 10.3. The molecule has 0 unspecified atom stereocenters. The lowest BCUT2D eigenvalue weighted by Gasteiger charge is -2.27. The van der Waals surface area contributed by atoms with Crippen LogP contribution in [-0.2, 0) is 4.79 Å². The van der Waals surface area contributed by atoms with Gasteiger partial charge in [-0.2, -0.15) is 0 Å². The first-order valence-electron chi connectivity index (χ1n) is 7.17. The summed E-state index contributed by atoms with van der Waals surface area (Å²) in [5, 5.41) is 12.1. The SMILES string of the molecule is CCC(CC)(CNC(=O)c1cc(OC)ccc1OC)C(=O)O. The van der Waals surface area contributed by atoms with Gasteiger partial charge in [0.25, 0.3) is 5.91 Å². The van der Waals surface area contributed by atoms with E-state index in [-0.39, 0.29) is 12.5 Å². The van der Waals surface area contributed by atoms with E-state index in [9.17, 15) is 14.7 Å². The largest absolute Gasteiger partial charge is 0.497 e. The molecule has 0 saturated heterocycles. The molecule has 0 fully saturated rings. The topological polar surface area (TPSA) is 84.9 Å². The van der Waals surface area contributed by atoms with Crippen molar-refractivity contribution in [3.63, 3.8) is 0 Å². The Balaban J connectivity index is 2.95. The average molecular weight is 309 g/mol. The summed E-state index contributed by atoms with van der Waals surface area (Å²) in [6.07, 6.45) is 0.878. The number of carbonyl (C=O) groups excluding carboxylic acids is 1. The van der Waals surface area contributed by atoms with Crippen LogP contribution in [0, 0.1) is 5.41 Å². The van der Waals surface area contributed by atoms with Crippen LogP contribution >= 0.6 is 0 Å². The number of nitrogens with one attached hydrogen (secondary N) is 1. The number of carboxylic acids is 1. The molecule has 1 aromatic rings. The number of hydrogen-bond acceptors (Lipinski definition) is 4. The van der Waals surface area contributed by atoms with Gasteiger partial charge in [-0.1, -0.05) is 13.8 Å². The Labute approximate surface area is 130 Å². The van der Waals surface area contributed by atoms with E-state index in [1.807, 2.05) is 0 Å². The zero-order valence-electron chi connectivity index (χ0n) is 13.4. The minimum atomic E-state index is -0.957. The summed E-state index contributed by atoms with van der Waals surface area (Å²) >= 11 is 0. The quantitative estimate of drug-likeness (QED) is 0.770. The first-order chi connectivity index (χ1) is 10.4. The predicted molar refractivity (Wildman–Crippen MR) is 82.5 cm³/mol. The number of amides is 1. The molecular weight excluding hydrogens is 286 g/mol. The smallest absolute Gasteiger partial charge is 0.311 e. The second-order valence-electron chi connectivity index (χ2n) is 5.04. The van der Waals surface area contributed by atoms with Crippen LogP contribution in [-0.4, -0.2) is 37.7 Å². The van der Waals surface area contributed by atoms with Gasteiger partial charge >= 0.3 is 5.97 Å². The van der Waals surface area contributed by atoms with Gasteiger partial charge in [-0.05, 0) is 31.0 Å². The summed E-state index contributed by atoms with van der Waals surface area (Å²) in [6, 6.07) is 4.89. The molecule has 0 heterocycles. The second kappa shape index (κ2) is 7.68. The van der Waals surface area contributed by atoms with Gasteiger partial charge in [-0.25, -0.2) is 0 Å². The van der Waals surface area contributed by atoms with Crippen molar-refractivity contribution in [3.8, 4) is 11.5 Å². The Morgan fingerprint density at radius 2 is 1.82 bits per heavy atom. The summed E-state index contributed by atoms with van der Waals surface area (Å²) in [7, 11) is 2.98. The van der Waals surface area contributed by atoms with Crippen molar-refractivity contribution in [2.24, 2.45) is 5.41 Å². The molecule has 6 heteroatoms. The third kappa shape index (κ3) is 3.69. The lowest BCUT2D eigenvalue weighted by molar-refractivity contribution is -0.149. The lowest BCUT2D eigenvalue weighted by Crippen LogP contribution is -2.42. The molecule has 0 atom stereocenters. The molecule has 0 aliphatic rings. The fourth-order valence-electron chi connectivity index (χ4n) is 2.21. The second-order valence-corrected chi connectivity index (χ2v) is 5.04. The highest BCUT2D eigenvalue weighted by molar-refractivity contribution is 5.97. The van der Waals surface area contributed by atoms with Crippen molar-refractivity contribution >= 4 is 11.9 Å². The normalized spacial score (nSPS) is 10.9. The molecule has 6 nitrogen and oxygen atoms in total. The molecule has 0 saturated carbocycles. The highest BCUT2D eigenvalue weighted by atomic mass is 16.5. The van der Waals surface area contributed by atoms with Crippen molar-refractivity contribution in [1.29, 1.82) is 0 Å². The molecule has 122 valence electrons. The van der Waals surface area contributed by atoms with E-state index in [0.29, 0.717) is 29.9 Å². The van der Waals surface area contributed by atoms with Crippen LogP contribution in [0.3, 0.4) is 0 Å². The standard InChI is InChI=1S/C16H23NO5/c1-5-16(6-2,15(19)20)10-17-14(18)12-9-11(21-3)7-8-13(12)22-4/h7-9H,5-6,10H2,1-4H3,(H,17,18)(H,19,20). The van der Waals surface area contributed by atoms with Gasteiger partial charge in [-0.15, -0.1) is 0 Å². The van der Waals surface area contributed by atoms with Gasteiger partial charge in [0, 0.05) is 6.54 Å². The maximum absolute atomic E-state index is 12.4. The van der Waals surface area contributed by atoms with E-state index < -0.39 is 11.4 Å². The fraction of sp³-hybridized carbons (Fsp3) is 0.500. The van der Waals surface area contributed by atoms with Crippen molar-refractivity contribution < 1.29 is 24.2 Å². The van der Waals surface area contributed by atoms with Gasteiger partial charge < -0.3 is 19.9 Å². The average Bonchev–Trinajstić information content (AvgIpc) is 2.55. The lowest BCUT2D eigenvalue weighted by atomic mass is 9.82. The summed E-state index contributed by atoms with van der Waals surface area (Å²) in [6.45, 7) is 3.67. The zero-order chi connectivity index (χ0) is 16.8. The first-order valence-corrected chi connectivity index (χ1v) is 7.17. The van der Waals surface area contributed by atoms with Crippen molar-refractivity contribution in [3.05, 3.63) is 23.8 Å². The fourth-order valence-corrected chi connectivity index (χ4v) is 2.21. The molecule has 0 aliphatic carbocycles. The van der Waals surface area contributed by atoms with Crippen LogP contribution in [0.15, 0.2) is 18.2 Å². The van der Waals surface area contributed by atoms with E-state index in [1.54, 1.807) is 32.0 Å². The van der Waals surface area contributed by atoms with Gasteiger partial charge in [0.05, 0.1) is 25.2 Å². The van der Waals surface area contributed by atoms with Crippen molar-refractivity contribution in [2.45, 2.75) is 26.7 Å². The third-order valence-electron chi connectivity index (χ3n) is 4.05. The Bertz CT molecular complexity index is 537. The van der Waals surface area contributed by atoms with Gasteiger partial charge in [0.1, 0.15) is 11.5 Å². The van der Waals surface area contributed by atoms with Gasteiger partial charge in [-0.3, -0.25) is 9.59 Å². The number of rotatable bonds is 8. The maximum Gasteiger partial charge on any atom is 0.311 e. The minimum Gasteiger partial charge on any atom is -0.497 e. The number of carbonyl (C=O) groups is 2. The Morgan fingerprint density at radius 1 is 1.18 bits per heavy atom. The monoisotopic (exact) mass is 309 g/mol. The predicted octanol–water partition coefficient (Wildman–Crippen LogP) is 2.32. The zero-order valence-corrected chi connectivity index (χ0v) is 13.4. The van der Waals surface area contributed by atoms with Gasteiger partial charge in [0.2, 0.25) is 0 Å². The molecule has 0 radical (unpaired) electrons. The molecule has 1 rings (SSSR count). The van der Waals surface area contributed by atoms with Crippen molar-refractivity contribution in [2.75, 3.05) is 20.8 Å². The number of carboxylic acid groups (broad SMARTS) is 1. The number of ether oxygens (including phenoxy) is 2. The first kappa shape index (κ1) is 17.8. The minimum absolute atomic E-state index is 0.0640. The highest BCUT2D eigenvalue weighted by Gasteiger charge is 2.35. The van der Waals surface area contributed by atoms with Gasteiger partial charge in [0.15, 0.2) is 0 Å².